The predicted molar refractivity (Wildman–Crippen MR) is 114 cm³/mol. The third kappa shape index (κ3) is 5.67. The first-order valence-corrected chi connectivity index (χ1v) is 9.56. The molecule has 0 saturated carbocycles. The highest BCUT2D eigenvalue weighted by Gasteiger charge is 2.19. The van der Waals surface area contributed by atoms with Crippen LogP contribution in [0.2, 0.25) is 0 Å². The molecule has 0 bridgehead atoms. The Balaban J connectivity index is 1.91. The molecule has 5 heteroatoms. The van der Waals surface area contributed by atoms with Gasteiger partial charge in [-0.1, -0.05) is 48.0 Å². The van der Waals surface area contributed by atoms with Gasteiger partial charge in [0.2, 0.25) is 11.8 Å². The molecule has 2 amide bonds. The van der Waals surface area contributed by atoms with E-state index in [2.05, 4.69) is 17.4 Å². The van der Waals surface area contributed by atoms with Gasteiger partial charge in [0.15, 0.2) is 0 Å². The number of carbonyl (C=O) groups excluding carboxylic acids is 2. The van der Waals surface area contributed by atoms with Gasteiger partial charge < -0.3 is 10.2 Å². The molecule has 2 aromatic rings. The van der Waals surface area contributed by atoms with Crippen molar-refractivity contribution in [3.63, 3.8) is 0 Å². The maximum Gasteiger partial charge on any atom is 0.238 e. The molecule has 1 atom stereocenters. The normalized spacial score (nSPS) is 12.0. The molecule has 0 heterocycles. The summed E-state index contributed by atoms with van der Waals surface area (Å²) < 4.78 is 0. The molecule has 0 aromatic heterocycles. The zero-order valence-corrected chi connectivity index (χ0v) is 17.7. The van der Waals surface area contributed by atoms with E-state index < -0.39 is 0 Å². The zero-order chi connectivity index (χ0) is 20.8. The quantitative estimate of drug-likeness (QED) is 0.796. The summed E-state index contributed by atoms with van der Waals surface area (Å²) in [5.41, 5.74) is 5.20. The van der Waals surface area contributed by atoms with Crippen molar-refractivity contribution in [1.29, 1.82) is 0 Å². The molecular formula is C23H31N3O2. The van der Waals surface area contributed by atoms with Crippen LogP contribution < -0.4 is 5.32 Å². The molecular weight excluding hydrogens is 350 g/mol. The summed E-state index contributed by atoms with van der Waals surface area (Å²) in [4.78, 5) is 28.5. The number of nitrogens with zero attached hydrogens (tertiary/aromatic N) is 2. The molecule has 0 saturated heterocycles. The lowest BCUT2D eigenvalue weighted by Gasteiger charge is -2.27. The third-order valence-corrected chi connectivity index (χ3v) is 5.02. The number of amides is 2. The first kappa shape index (κ1) is 21.6. The molecule has 0 radical (unpaired) electrons. The van der Waals surface area contributed by atoms with Gasteiger partial charge in [0.05, 0.1) is 19.1 Å². The zero-order valence-electron chi connectivity index (χ0n) is 17.7. The Hall–Kier alpha value is -2.66. The standard InChI is InChI=1S/C23H31N3O2/c1-16-12-17(2)23(18(3)13-16)24-21(27)14-25(5)15-22(28)26(6)19(4)20-10-8-7-9-11-20/h7-13,19H,14-15H2,1-6H3,(H,24,27)/t19-/m0/s1. The summed E-state index contributed by atoms with van der Waals surface area (Å²) in [6.45, 7) is 8.37. The summed E-state index contributed by atoms with van der Waals surface area (Å²) in [5.74, 6) is -0.140. The number of nitrogens with one attached hydrogen (secondary N) is 1. The molecule has 0 fully saturated rings. The van der Waals surface area contributed by atoms with Crippen molar-refractivity contribution in [3.05, 3.63) is 64.7 Å². The van der Waals surface area contributed by atoms with Gasteiger partial charge in [-0.25, -0.2) is 0 Å². The molecule has 150 valence electrons. The Labute approximate surface area is 168 Å². The fourth-order valence-corrected chi connectivity index (χ4v) is 3.37. The van der Waals surface area contributed by atoms with Gasteiger partial charge in [-0.3, -0.25) is 14.5 Å². The largest absolute Gasteiger partial charge is 0.338 e. The number of aryl methyl sites for hydroxylation is 3. The highest BCUT2D eigenvalue weighted by molar-refractivity contribution is 5.94. The van der Waals surface area contributed by atoms with E-state index in [-0.39, 0.29) is 30.9 Å². The van der Waals surface area contributed by atoms with E-state index in [0.29, 0.717) is 0 Å². The van der Waals surface area contributed by atoms with Crippen LogP contribution in [0.5, 0.6) is 0 Å². The summed E-state index contributed by atoms with van der Waals surface area (Å²) in [5, 5.41) is 2.98. The van der Waals surface area contributed by atoms with Crippen LogP contribution in [0.1, 0.15) is 35.2 Å². The van der Waals surface area contributed by atoms with E-state index in [0.717, 1.165) is 22.4 Å². The summed E-state index contributed by atoms with van der Waals surface area (Å²) >= 11 is 0. The van der Waals surface area contributed by atoms with E-state index in [1.807, 2.05) is 58.0 Å². The molecule has 0 aliphatic carbocycles. The van der Waals surface area contributed by atoms with Crippen LogP contribution >= 0.6 is 0 Å². The number of rotatable bonds is 7. The van der Waals surface area contributed by atoms with Crippen LogP contribution in [0, 0.1) is 20.8 Å². The summed E-state index contributed by atoms with van der Waals surface area (Å²) in [6.07, 6.45) is 0. The van der Waals surface area contributed by atoms with Crippen LogP contribution in [-0.4, -0.2) is 48.8 Å². The molecule has 28 heavy (non-hydrogen) atoms. The first-order chi connectivity index (χ1) is 13.2. The van der Waals surface area contributed by atoms with Gasteiger partial charge in [0, 0.05) is 12.7 Å². The SMILES string of the molecule is Cc1cc(C)c(NC(=O)CN(C)CC(=O)N(C)[C@@H](C)c2ccccc2)c(C)c1. The Morgan fingerprint density at radius 1 is 0.964 bits per heavy atom. The van der Waals surface area contributed by atoms with E-state index in [9.17, 15) is 9.59 Å². The van der Waals surface area contributed by atoms with Crippen molar-refractivity contribution in [2.45, 2.75) is 33.7 Å². The van der Waals surface area contributed by atoms with Crippen molar-refractivity contribution >= 4 is 17.5 Å². The minimum atomic E-state index is -0.121. The van der Waals surface area contributed by atoms with Crippen molar-refractivity contribution in [1.82, 2.24) is 9.80 Å². The minimum absolute atomic E-state index is 0.0191. The van der Waals surface area contributed by atoms with Crippen molar-refractivity contribution < 1.29 is 9.59 Å². The topological polar surface area (TPSA) is 52.7 Å². The van der Waals surface area contributed by atoms with Gasteiger partial charge in [-0.2, -0.15) is 0 Å². The molecule has 2 aromatic carbocycles. The Morgan fingerprint density at radius 2 is 1.54 bits per heavy atom. The van der Waals surface area contributed by atoms with Gasteiger partial charge in [0.25, 0.3) is 0 Å². The molecule has 2 rings (SSSR count). The van der Waals surface area contributed by atoms with E-state index in [1.165, 1.54) is 5.56 Å². The number of hydrogen-bond donors (Lipinski definition) is 1. The second kappa shape index (κ2) is 9.51. The molecule has 0 spiro atoms. The first-order valence-electron chi connectivity index (χ1n) is 9.56. The summed E-state index contributed by atoms with van der Waals surface area (Å²) in [7, 11) is 3.58. The highest BCUT2D eigenvalue weighted by Crippen LogP contribution is 2.22. The van der Waals surface area contributed by atoms with Crippen LogP contribution in [-0.2, 0) is 9.59 Å². The number of hydrogen-bond acceptors (Lipinski definition) is 3. The van der Waals surface area contributed by atoms with Gasteiger partial charge in [-0.15, -0.1) is 0 Å². The summed E-state index contributed by atoms with van der Waals surface area (Å²) in [6, 6.07) is 14.0. The Morgan fingerprint density at radius 3 is 2.11 bits per heavy atom. The lowest BCUT2D eigenvalue weighted by atomic mass is 10.1. The van der Waals surface area contributed by atoms with Crippen molar-refractivity contribution in [3.8, 4) is 0 Å². The molecule has 0 aliphatic heterocycles. The van der Waals surface area contributed by atoms with E-state index in [1.54, 1.807) is 23.9 Å². The number of likely N-dealkylation sites (N-methyl/N-ethyl adjacent to an activating group) is 2. The van der Waals surface area contributed by atoms with Crippen LogP contribution in [0.25, 0.3) is 0 Å². The molecule has 0 aliphatic rings. The van der Waals surface area contributed by atoms with Crippen LogP contribution in [0.3, 0.4) is 0 Å². The van der Waals surface area contributed by atoms with Gasteiger partial charge in [-0.05, 0) is 51.4 Å². The number of carbonyl (C=O) groups is 2. The number of benzene rings is 2. The average Bonchev–Trinajstić information content (AvgIpc) is 2.63. The molecule has 5 nitrogen and oxygen atoms in total. The highest BCUT2D eigenvalue weighted by atomic mass is 16.2. The van der Waals surface area contributed by atoms with Gasteiger partial charge >= 0.3 is 0 Å². The molecule has 0 unspecified atom stereocenters. The van der Waals surface area contributed by atoms with Crippen LogP contribution in [0.15, 0.2) is 42.5 Å². The fourth-order valence-electron chi connectivity index (χ4n) is 3.37. The minimum Gasteiger partial charge on any atom is -0.338 e. The smallest absolute Gasteiger partial charge is 0.238 e. The maximum atomic E-state index is 12.6. The predicted octanol–water partition coefficient (Wildman–Crippen LogP) is 3.70. The lowest BCUT2D eigenvalue weighted by molar-refractivity contribution is -0.133. The Kier molecular flexibility index (Phi) is 7.35. The lowest BCUT2D eigenvalue weighted by Crippen LogP contribution is -2.40. The van der Waals surface area contributed by atoms with Crippen molar-refractivity contribution in [2.24, 2.45) is 0 Å². The van der Waals surface area contributed by atoms with E-state index in [4.69, 9.17) is 0 Å². The fraction of sp³-hybridized carbons (Fsp3) is 0.391. The number of anilines is 1. The molecule has 1 N–H and O–H groups in total. The van der Waals surface area contributed by atoms with Crippen LogP contribution in [0.4, 0.5) is 5.69 Å². The monoisotopic (exact) mass is 381 g/mol. The average molecular weight is 382 g/mol. The second-order valence-corrected chi connectivity index (χ2v) is 7.59. The van der Waals surface area contributed by atoms with Crippen molar-refractivity contribution in [2.75, 3.05) is 32.5 Å². The third-order valence-electron chi connectivity index (χ3n) is 5.02. The van der Waals surface area contributed by atoms with E-state index >= 15 is 0 Å². The Bertz CT molecular complexity index is 810. The van der Waals surface area contributed by atoms with Gasteiger partial charge in [0.1, 0.15) is 0 Å². The second-order valence-electron chi connectivity index (χ2n) is 7.59. The maximum absolute atomic E-state index is 12.6.